The van der Waals surface area contributed by atoms with Crippen molar-refractivity contribution in [3.8, 4) is 5.75 Å². The quantitative estimate of drug-likeness (QED) is 0.802. The molecule has 0 saturated carbocycles. The minimum absolute atomic E-state index is 0.445. The largest absolute Gasteiger partial charge is 0.489 e. The summed E-state index contributed by atoms with van der Waals surface area (Å²) < 4.78 is 5.59. The van der Waals surface area contributed by atoms with Crippen LogP contribution in [0.4, 0.5) is 0 Å². The fourth-order valence-electron chi connectivity index (χ4n) is 1.40. The molecule has 0 aliphatic heterocycles. The molecule has 0 aliphatic rings. The topological polar surface area (TPSA) is 49.7 Å². The monoisotopic (exact) mass is 248 g/mol. The molecule has 88 valence electrons. The van der Waals surface area contributed by atoms with E-state index in [1.54, 1.807) is 11.4 Å². The van der Waals surface area contributed by atoms with Gasteiger partial charge in [-0.1, -0.05) is 17.7 Å². The van der Waals surface area contributed by atoms with Gasteiger partial charge in [-0.15, -0.1) is 11.3 Å². The van der Waals surface area contributed by atoms with E-state index in [-0.39, 0.29) is 0 Å². The molecule has 0 bridgehead atoms. The molecule has 0 spiro atoms. The lowest BCUT2D eigenvalue weighted by Crippen LogP contribution is -2.27. The van der Waals surface area contributed by atoms with E-state index in [1.165, 1.54) is 16.9 Å². The summed E-state index contributed by atoms with van der Waals surface area (Å²) in [7, 11) is -1.40. The molecule has 0 atom stereocenters. The van der Waals surface area contributed by atoms with Gasteiger partial charge in [0.15, 0.2) is 0 Å². The average molecular weight is 248 g/mol. The van der Waals surface area contributed by atoms with Crippen molar-refractivity contribution in [2.24, 2.45) is 0 Å². The van der Waals surface area contributed by atoms with Crippen LogP contribution in [0.5, 0.6) is 5.75 Å². The Kier molecular flexibility index (Phi) is 3.84. The van der Waals surface area contributed by atoms with E-state index >= 15 is 0 Å². The Morgan fingerprint density at radius 2 is 1.94 bits per heavy atom. The van der Waals surface area contributed by atoms with E-state index < -0.39 is 7.12 Å². The molecule has 1 aromatic carbocycles. The van der Waals surface area contributed by atoms with Gasteiger partial charge in [0.25, 0.3) is 0 Å². The first-order chi connectivity index (χ1) is 8.15. The van der Waals surface area contributed by atoms with Crippen molar-refractivity contribution < 1.29 is 14.8 Å². The molecular formula is C12H13BO3S. The van der Waals surface area contributed by atoms with Crippen molar-refractivity contribution in [1.29, 1.82) is 0 Å². The lowest BCUT2D eigenvalue weighted by atomic mass is 9.83. The molecule has 0 unspecified atom stereocenters. The van der Waals surface area contributed by atoms with E-state index in [4.69, 9.17) is 14.8 Å². The normalized spacial score (nSPS) is 10.3. The van der Waals surface area contributed by atoms with E-state index in [0.717, 1.165) is 10.6 Å². The van der Waals surface area contributed by atoms with Gasteiger partial charge in [0.1, 0.15) is 12.4 Å². The number of rotatable bonds is 4. The lowest BCUT2D eigenvalue weighted by Gasteiger charge is -2.04. The first-order valence-corrected chi connectivity index (χ1v) is 6.16. The summed E-state index contributed by atoms with van der Waals surface area (Å²) in [5, 5.41) is 19.7. The molecule has 0 aliphatic carbocycles. The summed E-state index contributed by atoms with van der Waals surface area (Å²) in [6.45, 7) is 2.47. The molecule has 0 radical (unpaired) electrons. The summed E-state index contributed by atoms with van der Waals surface area (Å²) in [6.07, 6.45) is 0. The highest BCUT2D eigenvalue weighted by Crippen LogP contribution is 2.15. The van der Waals surface area contributed by atoms with Gasteiger partial charge in [0.05, 0.1) is 0 Å². The summed E-state index contributed by atoms with van der Waals surface area (Å²) in [6, 6.07) is 9.57. The van der Waals surface area contributed by atoms with Crippen molar-refractivity contribution in [1.82, 2.24) is 0 Å². The fraction of sp³-hybridized carbons (Fsp3) is 0.167. The van der Waals surface area contributed by atoms with Crippen molar-refractivity contribution in [2.45, 2.75) is 13.5 Å². The summed E-state index contributed by atoms with van der Waals surface area (Å²) in [4.78, 5) is 0.966. The fourth-order valence-corrected chi connectivity index (χ4v) is 2.21. The van der Waals surface area contributed by atoms with Crippen LogP contribution in [0, 0.1) is 6.92 Å². The minimum atomic E-state index is -1.40. The highest BCUT2D eigenvalue weighted by molar-refractivity contribution is 7.11. The predicted octanol–water partition coefficient (Wildman–Crippen LogP) is 1.32. The zero-order valence-electron chi connectivity index (χ0n) is 9.46. The van der Waals surface area contributed by atoms with Crippen LogP contribution < -0.4 is 10.2 Å². The van der Waals surface area contributed by atoms with Crippen LogP contribution >= 0.6 is 11.3 Å². The molecule has 0 fully saturated rings. The average Bonchev–Trinajstić information content (AvgIpc) is 2.77. The minimum Gasteiger partial charge on any atom is -0.488 e. The number of hydrogen-bond acceptors (Lipinski definition) is 4. The zero-order valence-corrected chi connectivity index (χ0v) is 10.3. The Bertz CT molecular complexity index is 479. The molecule has 0 amide bonds. The molecule has 1 aromatic heterocycles. The number of aryl methyl sites for hydroxylation is 1. The van der Waals surface area contributed by atoms with Crippen LogP contribution in [-0.4, -0.2) is 17.2 Å². The maximum Gasteiger partial charge on any atom is 0.489 e. The Morgan fingerprint density at radius 1 is 1.24 bits per heavy atom. The van der Waals surface area contributed by atoms with Gasteiger partial charge in [-0.2, -0.15) is 0 Å². The molecule has 17 heavy (non-hydrogen) atoms. The SMILES string of the molecule is Cc1ccc(OCc2cc(B(O)O)cs2)cc1. The second-order valence-electron chi connectivity index (χ2n) is 3.82. The summed E-state index contributed by atoms with van der Waals surface area (Å²) in [5.74, 6) is 0.815. The van der Waals surface area contributed by atoms with Gasteiger partial charge < -0.3 is 14.8 Å². The van der Waals surface area contributed by atoms with Gasteiger partial charge in [-0.25, -0.2) is 0 Å². The molecule has 2 rings (SSSR count). The first-order valence-electron chi connectivity index (χ1n) is 5.28. The maximum absolute atomic E-state index is 8.97. The molecule has 5 heteroatoms. The van der Waals surface area contributed by atoms with Gasteiger partial charge in [0.2, 0.25) is 0 Å². The number of benzene rings is 1. The Morgan fingerprint density at radius 3 is 2.53 bits per heavy atom. The lowest BCUT2D eigenvalue weighted by molar-refractivity contribution is 0.310. The van der Waals surface area contributed by atoms with Crippen LogP contribution in [-0.2, 0) is 6.61 Å². The number of hydrogen-bond donors (Lipinski definition) is 2. The van der Waals surface area contributed by atoms with Crippen LogP contribution in [0.3, 0.4) is 0 Å². The molecule has 0 saturated heterocycles. The van der Waals surface area contributed by atoms with Crippen LogP contribution in [0.15, 0.2) is 35.7 Å². The Hall–Kier alpha value is -1.30. The van der Waals surface area contributed by atoms with Gasteiger partial charge >= 0.3 is 7.12 Å². The second kappa shape index (κ2) is 5.36. The Labute approximate surface area is 104 Å². The van der Waals surface area contributed by atoms with Crippen molar-refractivity contribution >= 4 is 23.9 Å². The molecule has 2 N–H and O–H groups in total. The highest BCUT2D eigenvalue weighted by atomic mass is 32.1. The van der Waals surface area contributed by atoms with E-state index in [1.807, 2.05) is 31.2 Å². The number of ether oxygens (including phenoxy) is 1. The van der Waals surface area contributed by atoms with Crippen molar-refractivity contribution in [2.75, 3.05) is 0 Å². The van der Waals surface area contributed by atoms with Crippen LogP contribution in [0.1, 0.15) is 10.4 Å². The molecular weight excluding hydrogens is 235 g/mol. The summed E-state index contributed by atoms with van der Waals surface area (Å²) >= 11 is 1.46. The second-order valence-corrected chi connectivity index (χ2v) is 4.82. The standard InChI is InChI=1S/C12H13BO3S/c1-9-2-4-11(5-3-9)16-7-12-6-10(8-17-12)13(14)15/h2-6,8,14-15H,7H2,1H3. The predicted molar refractivity (Wildman–Crippen MR) is 69.7 cm³/mol. The van der Waals surface area contributed by atoms with Crippen LogP contribution in [0.2, 0.25) is 0 Å². The maximum atomic E-state index is 8.97. The Balaban J connectivity index is 1.95. The third kappa shape index (κ3) is 3.33. The van der Waals surface area contributed by atoms with Crippen LogP contribution in [0.25, 0.3) is 0 Å². The third-order valence-electron chi connectivity index (χ3n) is 2.37. The van der Waals surface area contributed by atoms with Gasteiger partial charge in [-0.3, -0.25) is 0 Å². The van der Waals surface area contributed by atoms with E-state index in [0.29, 0.717) is 12.1 Å². The highest BCUT2D eigenvalue weighted by Gasteiger charge is 2.12. The first kappa shape index (κ1) is 12.2. The smallest absolute Gasteiger partial charge is 0.488 e. The van der Waals surface area contributed by atoms with Crippen molar-refractivity contribution in [3.63, 3.8) is 0 Å². The van der Waals surface area contributed by atoms with E-state index in [2.05, 4.69) is 0 Å². The summed E-state index contributed by atoms with van der Waals surface area (Å²) in [5.41, 5.74) is 1.71. The van der Waals surface area contributed by atoms with Crippen molar-refractivity contribution in [3.05, 3.63) is 46.2 Å². The van der Waals surface area contributed by atoms with Gasteiger partial charge in [-0.05, 0) is 36.0 Å². The third-order valence-corrected chi connectivity index (χ3v) is 3.30. The van der Waals surface area contributed by atoms with E-state index in [9.17, 15) is 0 Å². The number of thiophene rings is 1. The zero-order chi connectivity index (χ0) is 12.3. The van der Waals surface area contributed by atoms with Gasteiger partial charge in [0, 0.05) is 4.88 Å². The molecule has 3 nitrogen and oxygen atoms in total. The molecule has 1 heterocycles. The molecule has 2 aromatic rings.